The lowest BCUT2D eigenvalue weighted by atomic mass is 10.0. The number of benzene rings is 1. The molecule has 1 aromatic carbocycles. The molecule has 0 spiro atoms. The third-order valence-corrected chi connectivity index (χ3v) is 5.49. The molecule has 0 bridgehead atoms. The van der Waals surface area contributed by atoms with E-state index in [1.807, 2.05) is 0 Å². The molecule has 0 saturated heterocycles. The van der Waals surface area contributed by atoms with Crippen LogP contribution in [0.25, 0.3) is 0 Å². The molecule has 0 amide bonds. The van der Waals surface area contributed by atoms with Gasteiger partial charge in [0.1, 0.15) is 5.75 Å². The average Bonchev–Trinajstić information content (AvgIpc) is 2.77. The first kappa shape index (κ1) is 13.0. The van der Waals surface area contributed by atoms with Gasteiger partial charge in [0.15, 0.2) is 0 Å². The minimum absolute atomic E-state index is 0.0513. The maximum atomic E-state index is 6.63. The average molecular weight is 293 g/mol. The second kappa shape index (κ2) is 5.18. The van der Waals surface area contributed by atoms with Crippen LogP contribution in [-0.4, -0.2) is 6.61 Å². The van der Waals surface area contributed by atoms with Gasteiger partial charge in [-0.3, -0.25) is 0 Å². The predicted octanol–water partition coefficient (Wildman–Crippen LogP) is 5.02. The molecule has 1 aliphatic heterocycles. The largest absolute Gasteiger partial charge is 0.493 e. The lowest BCUT2D eigenvalue weighted by Gasteiger charge is -2.19. The highest BCUT2D eigenvalue weighted by molar-refractivity contribution is 7.12. The quantitative estimate of drug-likeness (QED) is 0.706. The van der Waals surface area contributed by atoms with E-state index in [2.05, 4.69) is 38.1 Å². The van der Waals surface area contributed by atoms with Crippen LogP contribution in [0.3, 0.4) is 0 Å². The third kappa shape index (κ3) is 2.52. The number of ether oxygens (including phenoxy) is 1. The summed E-state index contributed by atoms with van der Waals surface area (Å²) in [6, 6.07) is 8.56. The Kier molecular flexibility index (Phi) is 3.55. The van der Waals surface area contributed by atoms with Gasteiger partial charge in [-0.1, -0.05) is 12.1 Å². The van der Waals surface area contributed by atoms with Crippen molar-refractivity contribution < 1.29 is 4.74 Å². The molecular weight excluding hydrogens is 276 g/mol. The van der Waals surface area contributed by atoms with Crippen molar-refractivity contribution in [1.29, 1.82) is 0 Å². The molecule has 2 aromatic rings. The number of halogens is 1. The molecule has 0 saturated carbocycles. The van der Waals surface area contributed by atoms with Crippen molar-refractivity contribution in [1.82, 2.24) is 0 Å². The summed E-state index contributed by atoms with van der Waals surface area (Å²) in [7, 11) is 0. The first-order chi connectivity index (χ1) is 9.15. The van der Waals surface area contributed by atoms with E-state index in [-0.39, 0.29) is 5.38 Å². The summed E-state index contributed by atoms with van der Waals surface area (Å²) in [4.78, 5) is 2.58. The van der Waals surface area contributed by atoms with Crippen LogP contribution < -0.4 is 4.74 Å². The number of hydrogen-bond acceptors (Lipinski definition) is 2. The van der Waals surface area contributed by atoms with Gasteiger partial charge < -0.3 is 4.74 Å². The normalized spacial score (nSPS) is 15.7. The Morgan fingerprint density at radius 1 is 1.26 bits per heavy atom. The number of rotatable bonds is 2. The zero-order valence-electron chi connectivity index (χ0n) is 11.2. The summed E-state index contributed by atoms with van der Waals surface area (Å²) in [6.07, 6.45) is 2.19. The Morgan fingerprint density at radius 2 is 2.11 bits per heavy atom. The monoisotopic (exact) mass is 292 g/mol. The molecule has 19 heavy (non-hydrogen) atoms. The predicted molar refractivity (Wildman–Crippen MR) is 81.7 cm³/mol. The smallest absolute Gasteiger partial charge is 0.122 e. The highest BCUT2D eigenvalue weighted by atomic mass is 35.5. The maximum Gasteiger partial charge on any atom is 0.122 e. The van der Waals surface area contributed by atoms with Crippen molar-refractivity contribution in [2.24, 2.45) is 0 Å². The molecule has 100 valence electrons. The van der Waals surface area contributed by atoms with E-state index in [1.165, 1.54) is 26.4 Å². The fourth-order valence-corrected chi connectivity index (χ4v) is 3.81. The minimum Gasteiger partial charge on any atom is -0.493 e. The third-order valence-electron chi connectivity index (χ3n) is 3.66. The standard InChI is InChI=1S/C16H17ClOS/c1-10-8-15(19-11(10)2)16(17)13-5-6-14-12(9-13)4-3-7-18-14/h5-6,8-9,16H,3-4,7H2,1-2H3. The van der Waals surface area contributed by atoms with Gasteiger partial charge in [0.25, 0.3) is 0 Å². The van der Waals surface area contributed by atoms with E-state index < -0.39 is 0 Å². The SMILES string of the molecule is Cc1cc(C(Cl)c2ccc3c(c2)CCCO3)sc1C. The molecular formula is C16H17ClOS. The summed E-state index contributed by atoms with van der Waals surface area (Å²) < 4.78 is 5.65. The molecule has 1 atom stereocenters. The molecule has 2 heterocycles. The van der Waals surface area contributed by atoms with E-state index >= 15 is 0 Å². The summed E-state index contributed by atoms with van der Waals surface area (Å²) in [5.74, 6) is 1.03. The van der Waals surface area contributed by atoms with Crippen LogP contribution in [0.5, 0.6) is 5.75 Å². The van der Waals surface area contributed by atoms with Crippen LogP contribution in [0.15, 0.2) is 24.3 Å². The lowest BCUT2D eigenvalue weighted by Crippen LogP contribution is -2.08. The Balaban J connectivity index is 1.93. The van der Waals surface area contributed by atoms with Crippen molar-refractivity contribution in [2.45, 2.75) is 32.1 Å². The number of alkyl halides is 1. The fraction of sp³-hybridized carbons (Fsp3) is 0.375. The molecule has 3 heteroatoms. The van der Waals surface area contributed by atoms with Gasteiger partial charge in [-0.15, -0.1) is 22.9 Å². The van der Waals surface area contributed by atoms with Crippen molar-refractivity contribution >= 4 is 22.9 Å². The minimum atomic E-state index is -0.0513. The molecule has 1 aliphatic rings. The van der Waals surface area contributed by atoms with Gasteiger partial charge in [-0.2, -0.15) is 0 Å². The second-order valence-corrected chi connectivity index (χ2v) is 6.79. The van der Waals surface area contributed by atoms with Crippen molar-refractivity contribution in [3.63, 3.8) is 0 Å². The Hall–Kier alpha value is -0.990. The van der Waals surface area contributed by atoms with Crippen LogP contribution in [0.4, 0.5) is 0 Å². The van der Waals surface area contributed by atoms with Gasteiger partial charge >= 0.3 is 0 Å². The highest BCUT2D eigenvalue weighted by Gasteiger charge is 2.17. The van der Waals surface area contributed by atoms with Gasteiger partial charge in [-0.25, -0.2) is 0 Å². The molecule has 0 fully saturated rings. The molecule has 0 aliphatic carbocycles. The maximum absolute atomic E-state index is 6.63. The summed E-state index contributed by atoms with van der Waals surface area (Å²) in [6.45, 7) is 5.12. The first-order valence-corrected chi connectivity index (χ1v) is 7.87. The number of hydrogen-bond donors (Lipinski definition) is 0. The van der Waals surface area contributed by atoms with Crippen LogP contribution in [0, 0.1) is 13.8 Å². The topological polar surface area (TPSA) is 9.23 Å². The van der Waals surface area contributed by atoms with Gasteiger partial charge in [-0.05, 0) is 55.5 Å². The molecule has 0 radical (unpaired) electrons. The fourth-order valence-electron chi connectivity index (χ4n) is 2.43. The van der Waals surface area contributed by atoms with E-state index in [0.717, 1.165) is 25.2 Å². The number of aryl methyl sites for hydroxylation is 3. The van der Waals surface area contributed by atoms with Gasteiger partial charge in [0, 0.05) is 9.75 Å². The zero-order chi connectivity index (χ0) is 13.4. The highest BCUT2D eigenvalue weighted by Crippen LogP contribution is 2.37. The van der Waals surface area contributed by atoms with E-state index in [9.17, 15) is 0 Å². The molecule has 3 rings (SSSR count). The Bertz CT molecular complexity index is 583. The Morgan fingerprint density at radius 3 is 2.84 bits per heavy atom. The van der Waals surface area contributed by atoms with E-state index in [1.54, 1.807) is 11.3 Å². The molecule has 1 nitrogen and oxygen atoms in total. The molecule has 1 unspecified atom stereocenters. The summed E-state index contributed by atoms with van der Waals surface area (Å²) in [5, 5.41) is -0.0513. The number of thiophene rings is 1. The summed E-state index contributed by atoms with van der Waals surface area (Å²) in [5.41, 5.74) is 3.79. The van der Waals surface area contributed by atoms with Crippen molar-refractivity contribution in [3.05, 3.63) is 50.7 Å². The van der Waals surface area contributed by atoms with Crippen LogP contribution in [0.1, 0.15) is 38.2 Å². The van der Waals surface area contributed by atoms with E-state index in [4.69, 9.17) is 16.3 Å². The zero-order valence-corrected chi connectivity index (χ0v) is 12.8. The van der Waals surface area contributed by atoms with E-state index in [0.29, 0.717) is 0 Å². The molecule has 1 aromatic heterocycles. The van der Waals surface area contributed by atoms with Crippen LogP contribution in [-0.2, 0) is 6.42 Å². The summed E-state index contributed by atoms with van der Waals surface area (Å²) >= 11 is 8.42. The van der Waals surface area contributed by atoms with Crippen LogP contribution in [0.2, 0.25) is 0 Å². The second-order valence-electron chi connectivity index (χ2n) is 5.07. The van der Waals surface area contributed by atoms with Crippen molar-refractivity contribution in [3.8, 4) is 5.75 Å². The van der Waals surface area contributed by atoms with Gasteiger partial charge in [0.05, 0.1) is 12.0 Å². The number of fused-ring (bicyclic) bond motifs is 1. The van der Waals surface area contributed by atoms with Crippen molar-refractivity contribution in [2.75, 3.05) is 6.61 Å². The Labute approximate surface area is 123 Å². The molecule has 0 N–H and O–H groups in total. The lowest BCUT2D eigenvalue weighted by molar-refractivity contribution is 0.288. The van der Waals surface area contributed by atoms with Crippen LogP contribution >= 0.6 is 22.9 Å². The first-order valence-electron chi connectivity index (χ1n) is 6.62. The van der Waals surface area contributed by atoms with Gasteiger partial charge in [0.2, 0.25) is 0 Å².